The van der Waals surface area contributed by atoms with Gasteiger partial charge in [0.2, 0.25) is 5.96 Å². The number of hydrogen-bond acceptors (Lipinski definition) is 3. The van der Waals surface area contributed by atoms with Gasteiger partial charge in [-0.05, 0) is 31.9 Å². The molecule has 0 spiro atoms. The lowest BCUT2D eigenvalue weighted by Gasteiger charge is -2.07. The van der Waals surface area contributed by atoms with E-state index in [1.54, 1.807) is 18.2 Å². The van der Waals surface area contributed by atoms with Crippen molar-refractivity contribution in [3.05, 3.63) is 42.5 Å². The number of hydrogen-bond donors (Lipinski definition) is 3. The smallest absolute Gasteiger partial charge is 0.285 e. The predicted molar refractivity (Wildman–Crippen MR) is 80.6 cm³/mol. The quantitative estimate of drug-likeness (QED) is 0.230. The minimum Gasteiger partial charge on any atom is -0.368 e. The Morgan fingerprint density at radius 2 is 2.05 bits per heavy atom. The van der Waals surface area contributed by atoms with Gasteiger partial charge >= 0.3 is 0 Å². The van der Waals surface area contributed by atoms with Crippen LogP contribution in [0.1, 0.15) is 18.4 Å². The third-order valence-electron chi connectivity index (χ3n) is 2.46. The molecule has 0 amide bonds. The Bertz CT molecular complexity index is 565. The molecule has 0 unspecified atom stereocenters. The fourth-order valence-corrected chi connectivity index (χ4v) is 2.29. The molecular weight excluding hydrogens is 276 g/mol. The first-order valence-corrected chi connectivity index (χ1v) is 7.66. The number of nitrogens with two attached hydrogens (primary N) is 1. The molecule has 7 heteroatoms. The van der Waals surface area contributed by atoms with Crippen molar-refractivity contribution in [3.8, 4) is 0 Å². The van der Waals surface area contributed by atoms with Gasteiger partial charge in [-0.15, -0.1) is 11.0 Å². The molecule has 1 rings (SSSR count). The Morgan fingerprint density at radius 1 is 1.40 bits per heavy atom. The van der Waals surface area contributed by atoms with E-state index >= 15 is 0 Å². The van der Waals surface area contributed by atoms with E-state index in [9.17, 15) is 8.42 Å². The van der Waals surface area contributed by atoms with Crippen LogP contribution in [0.5, 0.6) is 0 Å². The Morgan fingerprint density at radius 3 is 2.65 bits per heavy atom. The molecule has 0 saturated heterocycles. The molecule has 0 aromatic heterocycles. The van der Waals surface area contributed by atoms with Crippen molar-refractivity contribution in [3.63, 3.8) is 0 Å². The lowest BCUT2D eigenvalue weighted by atomic mass is 10.2. The van der Waals surface area contributed by atoms with E-state index in [4.69, 9.17) is 5.73 Å². The summed E-state index contributed by atoms with van der Waals surface area (Å²) in [5.74, 6) is -0.191. The Kier molecular flexibility index (Phi) is 6.20. The molecule has 1 aromatic carbocycles. The molecule has 1 aromatic rings. The highest BCUT2D eigenvalue weighted by Gasteiger charge is 2.12. The molecule has 0 saturated carbocycles. The molecule has 0 aliphatic heterocycles. The van der Waals surface area contributed by atoms with Gasteiger partial charge in [0.1, 0.15) is 0 Å². The average Bonchev–Trinajstić information content (AvgIpc) is 2.38. The van der Waals surface area contributed by atoms with Crippen molar-refractivity contribution in [2.24, 2.45) is 10.1 Å². The second kappa shape index (κ2) is 7.66. The molecule has 20 heavy (non-hydrogen) atoms. The van der Waals surface area contributed by atoms with E-state index in [0.29, 0.717) is 6.54 Å². The maximum absolute atomic E-state index is 11.9. The predicted octanol–water partition coefficient (Wildman–Crippen LogP) is 1.06. The third-order valence-corrected chi connectivity index (χ3v) is 3.77. The number of unbranched alkanes of at least 4 members (excludes halogenated alkanes) is 1. The zero-order chi connectivity index (χ0) is 15.0. The van der Waals surface area contributed by atoms with Gasteiger partial charge in [0.05, 0.1) is 4.90 Å². The summed E-state index contributed by atoms with van der Waals surface area (Å²) in [6.45, 7) is 6.12. The van der Waals surface area contributed by atoms with Crippen LogP contribution in [-0.2, 0) is 10.0 Å². The zero-order valence-corrected chi connectivity index (χ0v) is 12.3. The third kappa shape index (κ3) is 5.41. The number of sulfonamides is 1. The van der Waals surface area contributed by atoms with Crippen LogP contribution in [0, 0.1) is 6.92 Å². The highest BCUT2D eigenvalue weighted by molar-refractivity contribution is 7.90. The summed E-state index contributed by atoms with van der Waals surface area (Å²) in [4.78, 5) is 0.111. The Hall–Kier alpha value is -1.86. The summed E-state index contributed by atoms with van der Waals surface area (Å²) in [5, 5.41) is 0. The fraction of sp³-hybridized carbons (Fsp3) is 0.308. The second-order valence-electron chi connectivity index (χ2n) is 4.25. The minimum absolute atomic E-state index is 0.111. The van der Waals surface area contributed by atoms with Crippen LogP contribution in [0.3, 0.4) is 0 Å². The van der Waals surface area contributed by atoms with Crippen molar-refractivity contribution >= 4 is 16.0 Å². The average molecular weight is 296 g/mol. The maximum atomic E-state index is 11.9. The van der Waals surface area contributed by atoms with E-state index in [0.717, 1.165) is 18.4 Å². The normalized spacial score (nSPS) is 12.2. The summed E-state index contributed by atoms with van der Waals surface area (Å²) < 4.78 is 27.4. The maximum Gasteiger partial charge on any atom is 0.285 e. The molecule has 6 nitrogen and oxygen atoms in total. The number of allylic oxidation sites excluding steroid dienone is 1. The highest BCUT2D eigenvalue weighted by atomic mass is 32.2. The van der Waals surface area contributed by atoms with Gasteiger partial charge in [-0.2, -0.15) is 8.42 Å². The van der Waals surface area contributed by atoms with Gasteiger partial charge in [0.25, 0.3) is 10.0 Å². The summed E-state index contributed by atoms with van der Waals surface area (Å²) >= 11 is 0. The van der Waals surface area contributed by atoms with Crippen molar-refractivity contribution in [1.82, 2.24) is 10.9 Å². The summed E-state index contributed by atoms with van der Waals surface area (Å²) in [7, 11) is -3.78. The van der Waals surface area contributed by atoms with E-state index in [2.05, 4.69) is 21.8 Å². The number of guanidine groups is 1. The van der Waals surface area contributed by atoms with E-state index in [1.807, 2.05) is 6.92 Å². The first-order valence-electron chi connectivity index (χ1n) is 6.22. The minimum atomic E-state index is -3.78. The number of benzene rings is 1. The van der Waals surface area contributed by atoms with Gasteiger partial charge < -0.3 is 5.73 Å². The number of nitrogens with zero attached hydrogens (tertiary/aromatic N) is 1. The van der Waals surface area contributed by atoms with Gasteiger partial charge in [-0.25, -0.2) is 5.43 Å². The number of aryl methyl sites for hydroxylation is 1. The lowest BCUT2D eigenvalue weighted by molar-refractivity contribution is 0.595. The highest BCUT2D eigenvalue weighted by Crippen LogP contribution is 2.12. The molecule has 0 aliphatic carbocycles. The Balaban J connectivity index is 2.61. The van der Waals surface area contributed by atoms with Crippen LogP contribution >= 0.6 is 0 Å². The fourth-order valence-electron chi connectivity index (χ4n) is 1.40. The standard InChI is InChI=1S/C13H20N4O2S/c1-3-4-5-10-15-16-13(14)17-20(18,19)12-8-6-11(2)7-9-12/h3,6-9,15H,1,4-5,10H2,2H3,(H3,14,16,17). The lowest BCUT2D eigenvalue weighted by Crippen LogP contribution is -2.43. The topological polar surface area (TPSA) is 96.6 Å². The second-order valence-corrected chi connectivity index (χ2v) is 5.85. The van der Waals surface area contributed by atoms with Gasteiger partial charge in [0.15, 0.2) is 0 Å². The molecule has 4 N–H and O–H groups in total. The summed E-state index contributed by atoms with van der Waals surface area (Å²) in [6, 6.07) is 6.41. The number of rotatable bonds is 7. The molecule has 0 heterocycles. The van der Waals surface area contributed by atoms with Gasteiger partial charge in [-0.1, -0.05) is 23.8 Å². The van der Waals surface area contributed by atoms with E-state index in [1.165, 1.54) is 12.1 Å². The zero-order valence-electron chi connectivity index (χ0n) is 11.5. The van der Waals surface area contributed by atoms with E-state index in [-0.39, 0.29) is 10.9 Å². The number of nitrogens with one attached hydrogen (secondary N) is 2. The van der Waals surface area contributed by atoms with Crippen LogP contribution in [0.15, 0.2) is 46.2 Å². The first kappa shape index (κ1) is 16.2. The largest absolute Gasteiger partial charge is 0.368 e. The van der Waals surface area contributed by atoms with Gasteiger partial charge in [-0.3, -0.25) is 5.43 Å². The first-order chi connectivity index (χ1) is 9.45. The molecule has 0 atom stereocenters. The molecule has 110 valence electrons. The van der Waals surface area contributed by atoms with Crippen molar-refractivity contribution < 1.29 is 8.42 Å². The molecule has 0 aliphatic rings. The van der Waals surface area contributed by atoms with Crippen LogP contribution < -0.4 is 16.6 Å². The van der Waals surface area contributed by atoms with Crippen molar-refractivity contribution in [2.75, 3.05) is 6.54 Å². The van der Waals surface area contributed by atoms with E-state index < -0.39 is 10.0 Å². The summed E-state index contributed by atoms with van der Waals surface area (Å²) in [6.07, 6.45) is 3.54. The molecule has 0 radical (unpaired) electrons. The molecular formula is C13H20N4O2S. The Labute approximate surface area is 119 Å². The SMILES string of the molecule is C=CCCCNN/C(N)=N/S(=O)(=O)c1ccc(C)cc1. The van der Waals surface area contributed by atoms with Crippen LogP contribution in [0.4, 0.5) is 0 Å². The molecule has 0 fully saturated rings. The molecule has 0 bridgehead atoms. The number of hydrazine groups is 1. The van der Waals surface area contributed by atoms with Crippen molar-refractivity contribution in [1.29, 1.82) is 0 Å². The van der Waals surface area contributed by atoms with Crippen LogP contribution in [-0.4, -0.2) is 20.9 Å². The van der Waals surface area contributed by atoms with Gasteiger partial charge in [0, 0.05) is 6.54 Å². The monoisotopic (exact) mass is 296 g/mol. The van der Waals surface area contributed by atoms with Crippen LogP contribution in [0.25, 0.3) is 0 Å². The van der Waals surface area contributed by atoms with Crippen molar-refractivity contribution in [2.45, 2.75) is 24.7 Å². The summed E-state index contributed by atoms with van der Waals surface area (Å²) in [5.41, 5.74) is 11.8. The van der Waals surface area contributed by atoms with Crippen LogP contribution in [0.2, 0.25) is 0 Å².